The molecule has 5 heteroatoms. The van der Waals surface area contributed by atoms with Gasteiger partial charge in [0, 0.05) is 12.0 Å². The number of hydrogen-bond donors (Lipinski definition) is 2. The van der Waals surface area contributed by atoms with Crippen LogP contribution in [-0.4, -0.2) is 21.6 Å². The minimum Gasteiger partial charge on any atom is -0.364 e. The van der Waals surface area contributed by atoms with Crippen molar-refractivity contribution in [2.45, 2.75) is 46.1 Å². The van der Waals surface area contributed by atoms with Crippen LogP contribution in [0, 0.1) is 0 Å². The summed E-state index contributed by atoms with van der Waals surface area (Å²) in [6.45, 7) is 8.10. The molecule has 0 aliphatic carbocycles. The van der Waals surface area contributed by atoms with E-state index in [9.17, 15) is 4.79 Å². The molecular formula is C12H20N4O. The first-order valence-corrected chi connectivity index (χ1v) is 5.82. The van der Waals surface area contributed by atoms with Crippen molar-refractivity contribution in [1.29, 1.82) is 0 Å². The Hall–Kier alpha value is -1.65. The highest BCUT2D eigenvalue weighted by atomic mass is 16.1. The molecule has 0 unspecified atom stereocenters. The molecule has 0 aliphatic heterocycles. The molecule has 0 saturated carbocycles. The fourth-order valence-electron chi connectivity index (χ4n) is 1.28. The molecular weight excluding hydrogens is 216 g/mol. The molecule has 1 aromatic rings. The molecule has 0 aromatic carbocycles. The average Bonchev–Trinajstić information content (AvgIpc) is 2.19. The van der Waals surface area contributed by atoms with E-state index in [1.165, 1.54) is 0 Å². The van der Waals surface area contributed by atoms with E-state index >= 15 is 0 Å². The first-order valence-electron chi connectivity index (χ1n) is 5.82. The van der Waals surface area contributed by atoms with Crippen molar-refractivity contribution in [3.05, 3.63) is 12.1 Å². The predicted molar refractivity (Wildman–Crippen MR) is 68.9 cm³/mol. The molecule has 0 radical (unpaired) electrons. The van der Waals surface area contributed by atoms with E-state index in [2.05, 4.69) is 20.8 Å². The van der Waals surface area contributed by atoms with E-state index in [1.54, 1.807) is 12.1 Å². The van der Waals surface area contributed by atoms with Gasteiger partial charge in [-0.15, -0.1) is 10.2 Å². The van der Waals surface area contributed by atoms with E-state index in [-0.39, 0.29) is 11.4 Å². The third kappa shape index (κ3) is 5.29. The molecule has 1 heterocycles. The summed E-state index contributed by atoms with van der Waals surface area (Å²) in [5, 5.41) is 13.8. The second-order valence-corrected chi connectivity index (χ2v) is 4.98. The van der Waals surface area contributed by atoms with Gasteiger partial charge in [-0.05, 0) is 39.3 Å². The molecule has 1 rings (SSSR count). The lowest BCUT2D eigenvalue weighted by Crippen LogP contribution is -2.26. The zero-order valence-electron chi connectivity index (χ0n) is 10.9. The summed E-state index contributed by atoms with van der Waals surface area (Å²) in [7, 11) is 0. The van der Waals surface area contributed by atoms with Crippen LogP contribution in [0.3, 0.4) is 0 Å². The molecule has 0 aliphatic rings. The molecule has 17 heavy (non-hydrogen) atoms. The number of carbonyl (C=O) groups excluding carboxylic acids is 1. The van der Waals surface area contributed by atoms with E-state index in [4.69, 9.17) is 0 Å². The van der Waals surface area contributed by atoms with E-state index in [1.807, 2.05) is 27.7 Å². The smallest absolute Gasteiger partial charge is 0.225 e. The van der Waals surface area contributed by atoms with E-state index in [0.717, 1.165) is 6.42 Å². The Morgan fingerprint density at radius 1 is 1.24 bits per heavy atom. The fraction of sp³-hybridized carbons (Fsp3) is 0.583. The van der Waals surface area contributed by atoms with Crippen LogP contribution < -0.4 is 10.6 Å². The SMILES string of the molecule is CCCC(=O)Nc1ccc(NC(C)(C)C)nn1. The quantitative estimate of drug-likeness (QED) is 0.842. The molecule has 0 fully saturated rings. The zero-order valence-corrected chi connectivity index (χ0v) is 10.9. The summed E-state index contributed by atoms with van der Waals surface area (Å²) in [5.41, 5.74) is -0.0539. The largest absolute Gasteiger partial charge is 0.364 e. The van der Waals surface area contributed by atoms with Crippen LogP contribution in [0.1, 0.15) is 40.5 Å². The van der Waals surface area contributed by atoms with Gasteiger partial charge in [-0.1, -0.05) is 6.92 Å². The third-order valence-electron chi connectivity index (χ3n) is 1.91. The van der Waals surface area contributed by atoms with Crippen LogP contribution in [0.25, 0.3) is 0 Å². The lowest BCUT2D eigenvalue weighted by Gasteiger charge is -2.20. The maximum Gasteiger partial charge on any atom is 0.225 e. The van der Waals surface area contributed by atoms with Gasteiger partial charge < -0.3 is 10.6 Å². The number of nitrogens with zero attached hydrogens (tertiary/aromatic N) is 2. The van der Waals surface area contributed by atoms with Crippen molar-refractivity contribution in [2.75, 3.05) is 10.6 Å². The molecule has 1 amide bonds. The molecule has 0 bridgehead atoms. The second-order valence-electron chi connectivity index (χ2n) is 4.98. The predicted octanol–water partition coefficient (Wildman–Crippen LogP) is 2.43. The summed E-state index contributed by atoms with van der Waals surface area (Å²) in [6.07, 6.45) is 1.33. The normalized spacial score (nSPS) is 11.1. The van der Waals surface area contributed by atoms with Crippen LogP contribution in [0.5, 0.6) is 0 Å². The third-order valence-corrected chi connectivity index (χ3v) is 1.91. The molecule has 5 nitrogen and oxygen atoms in total. The Morgan fingerprint density at radius 2 is 1.82 bits per heavy atom. The van der Waals surface area contributed by atoms with E-state index in [0.29, 0.717) is 18.1 Å². The summed E-state index contributed by atoms with van der Waals surface area (Å²) in [5.74, 6) is 1.16. The average molecular weight is 236 g/mol. The molecule has 0 atom stereocenters. The maximum atomic E-state index is 11.3. The number of amides is 1. The maximum absolute atomic E-state index is 11.3. The minimum absolute atomic E-state index is 0.0293. The number of anilines is 2. The van der Waals surface area contributed by atoms with Crippen LogP contribution in [-0.2, 0) is 4.79 Å². The molecule has 1 aromatic heterocycles. The number of hydrogen-bond acceptors (Lipinski definition) is 4. The number of aromatic nitrogens is 2. The van der Waals surface area contributed by atoms with Crippen molar-refractivity contribution < 1.29 is 4.79 Å². The van der Waals surface area contributed by atoms with Gasteiger partial charge in [-0.3, -0.25) is 4.79 Å². The van der Waals surface area contributed by atoms with Crippen LogP contribution in [0.2, 0.25) is 0 Å². The van der Waals surface area contributed by atoms with Crippen molar-refractivity contribution in [3.63, 3.8) is 0 Å². The van der Waals surface area contributed by atoms with Gasteiger partial charge in [0.1, 0.15) is 5.82 Å². The van der Waals surface area contributed by atoms with Gasteiger partial charge >= 0.3 is 0 Å². The second kappa shape index (κ2) is 5.61. The van der Waals surface area contributed by atoms with Crippen molar-refractivity contribution in [2.24, 2.45) is 0 Å². The van der Waals surface area contributed by atoms with Gasteiger partial charge in [0.2, 0.25) is 5.91 Å². The van der Waals surface area contributed by atoms with Gasteiger partial charge in [0.05, 0.1) is 0 Å². The first-order chi connectivity index (χ1) is 7.90. The van der Waals surface area contributed by atoms with Crippen LogP contribution in [0.4, 0.5) is 11.6 Å². The Kier molecular flexibility index (Phi) is 4.43. The summed E-state index contributed by atoms with van der Waals surface area (Å²) >= 11 is 0. The topological polar surface area (TPSA) is 66.9 Å². The number of nitrogens with one attached hydrogen (secondary N) is 2. The Labute approximate surface area is 102 Å². The Balaban J connectivity index is 2.59. The monoisotopic (exact) mass is 236 g/mol. The fourth-order valence-corrected chi connectivity index (χ4v) is 1.28. The number of rotatable bonds is 4. The lowest BCUT2D eigenvalue weighted by atomic mass is 10.1. The molecule has 94 valence electrons. The highest BCUT2D eigenvalue weighted by molar-refractivity contribution is 5.89. The minimum atomic E-state index is -0.0539. The Bertz CT molecular complexity index is 367. The molecule has 0 spiro atoms. The summed E-state index contributed by atoms with van der Waals surface area (Å²) in [6, 6.07) is 3.55. The summed E-state index contributed by atoms with van der Waals surface area (Å²) < 4.78 is 0. The van der Waals surface area contributed by atoms with Crippen LogP contribution >= 0.6 is 0 Å². The first kappa shape index (κ1) is 13.4. The van der Waals surface area contributed by atoms with E-state index < -0.39 is 0 Å². The van der Waals surface area contributed by atoms with Gasteiger partial charge in [-0.25, -0.2) is 0 Å². The molecule has 0 saturated heterocycles. The number of carbonyl (C=O) groups is 1. The van der Waals surface area contributed by atoms with Gasteiger partial charge in [0.15, 0.2) is 5.82 Å². The summed E-state index contributed by atoms with van der Waals surface area (Å²) in [4.78, 5) is 11.3. The highest BCUT2D eigenvalue weighted by Gasteiger charge is 2.10. The van der Waals surface area contributed by atoms with Crippen LogP contribution in [0.15, 0.2) is 12.1 Å². The highest BCUT2D eigenvalue weighted by Crippen LogP contribution is 2.12. The van der Waals surface area contributed by atoms with Crippen molar-refractivity contribution in [3.8, 4) is 0 Å². The van der Waals surface area contributed by atoms with Crippen molar-refractivity contribution in [1.82, 2.24) is 10.2 Å². The Morgan fingerprint density at radius 3 is 2.29 bits per heavy atom. The lowest BCUT2D eigenvalue weighted by molar-refractivity contribution is -0.116. The van der Waals surface area contributed by atoms with Gasteiger partial charge in [0.25, 0.3) is 0 Å². The standard InChI is InChI=1S/C12H20N4O/c1-5-6-11(17)13-9-7-8-10(16-15-9)14-12(2,3)4/h7-8H,5-6H2,1-4H3,(H,14,16)(H,13,15,17). The van der Waals surface area contributed by atoms with Crippen molar-refractivity contribution >= 4 is 17.5 Å². The van der Waals surface area contributed by atoms with Gasteiger partial charge in [-0.2, -0.15) is 0 Å². The zero-order chi connectivity index (χ0) is 12.9. The molecule has 2 N–H and O–H groups in total.